The zero-order valence-corrected chi connectivity index (χ0v) is 17.8. The van der Waals surface area contributed by atoms with E-state index in [1.165, 1.54) is 32.2 Å². The molecule has 1 aromatic rings. The summed E-state index contributed by atoms with van der Waals surface area (Å²) in [5, 5.41) is 15.5. The highest BCUT2D eigenvalue weighted by atomic mass is 127. The van der Waals surface area contributed by atoms with Crippen LogP contribution >= 0.6 is 24.0 Å². The molecule has 142 valence electrons. The van der Waals surface area contributed by atoms with Crippen molar-refractivity contribution in [3.63, 3.8) is 0 Å². The Morgan fingerprint density at radius 3 is 2.84 bits per heavy atom. The molecule has 3 rings (SSSR count). The van der Waals surface area contributed by atoms with E-state index >= 15 is 0 Å². The fourth-order valence-corrected chi connectivity index (χ4v) is 3.73. The quantitative estimate of drug-likeness (QED) is 0.384. The van der Waals surface area contributed by atoms with Crippen LogP contribution in [0.3, 0.4) is 0 Å². The summed E-state index contributed by atoms with van der Waals surface area (Å²) >= 11 is 0. The van der Waals surface area contributed by atoms with Gasteiger partial charge in [0.15, 0.2) is 11.8 Å². The van der Waals surface area contributed by atoms with Gasteiger partial charge >= 0.3 is 0 Å². The molecule has 0 spiro atoms. The van der Waals surface area contributed by atoms with E-state index in [0.717, 1.165) is 50.2 Å². The van der Waals surface area contributed by atoms with Gasteiger partial charge in [0.05, 0.1) is 0 Å². The van der Waals surface area contributed by atoms with Crippen LogP contribution in [0.1, 0.15) is 51.2 Å². The average molecular weight is 461 g/mol. The molecule has 2 N–H and O–H groups in total. The van der Waals surface area contributed by atoms with Crippen LogP contribution in [0, 0.1) is 0 Å². The minimum atomic E-state index is 0. The smallest absolute Gasteiger partial charge is 0.191 e. The van der Waals surface area contributed by atoms with Crippen LogP contribution in [0.5, 0.6) is 0 Å². The van der Waals surface area contributed by atoms with Gasteiger partial charge in [0, 0.05) is 32.1 Å². The van der Waals surface area contributed by atoms with Crippen LogP contribution < -0.4 is 10.6 Å². The van der Waals surface area contributed by atoms with Gasteiger partial charge in [0.25, 0.3) is 0 Å². The van der Waals surface area contributed by atoms with Crippen molar-refractivity contribution in [1.82, 2.24) is 30.3 Å². The van der Waals surface area contributed by atoms with Crippen LogP contribution in [-0.2, 0) is 19.5 Å². The minimum absolute atomic E-state index is 0. The lowest BCUT2D eigenvalue weighted by molar-refractivity contribution is 0.267. The molecule has 8 heteroatoms. The first kappa shape index (κ1) is 20.4. The second kappa shape index (κ2) is 10.3. The van der Waals surface area contributed by atoms with Crippen molar-refractivity contribution in [3.8, 4) is 0 Å². The van der Waals surface area contributed by atoms with Crippen LogP contribution in [0.25, 0.3) is 0 Å². The summed E-state index contributed by atoms with van der Waals surface area (Å²) in [6.45, 7) is 10.1. The molecule has 25 heavy (non-hydrogen) atoms. The van der Waals surface area contributed by atoms with Crippen molar-refractivity contribution < 1.29 is 0 Å². The topological polar surface area (TPSA) is 70.4 Å². The molecule has 2 aliphatic rings. The summed E-state index contributed by atoms with van der Waals surface area (Å²) in [4.78, 5) is 7.28. The summed E-state index contributed by atoms with van der Waals surface area (Å²) in [6.07, 6.45) is 6.07. The number of hydrogen-bond donors (Lipinski definition) is 2. The van der Waals surface area contributed by atoms with Gasteiger partial charge in [-0.3, -0.25) is 4.90 Å². The van der Waals surface area contributed by atoms with E-state index in [-0.39, 0.29) is 24.0 Å². The summed E-state index contributed by atoms with van der Waals surface area (Å²) in [5.41, 5.74) is 0. The maximum Gasteiger partial charge on any atom is 0.191 e. The number of aryl methyl sites for hydroxylation is 1. The predicted octanol–water partition coefficient (Wildman–Crippen LogP) is 1.77. The second-order valence-corrected chi connectivity index (χ2v) is 6.64. The molecular weight excluding hydrogens is 429 g/mol. The van der Waals surface area contributed by atoms with Crippen molar-refractivity contribution in [3.05, 3.63) is 11.6 Å². The Labute approximate surface area is 168 Å². The summed E-state index contributed by atoms with van der Waals surface area (Å²) in [6, 6.07) is 0.625. The fraction of sp³-hybridized carbons (Fsp3) is 0.824. The van der Waals surface area contributed by atoms with Crippen molar-refractivity contribution in [2.24, 2.45) is 4.99 Å². The van der Waals surface area contributed by atoms with Gasteiger partial charge in [-0.25, -0.2) is 4.99 Å². The molecule has 1 fully saturated rings. The van der Waals surface area contributed by atoms with Crippen molar-refractivity contribution in [2.75, 3.05) is 26.2 Å². The highest BCUT2D eigenvalue weighted by Gasteiger charge is 2.22. The Balaban J connectivity index is 0.00000225. The van der Waals surface area contributed by atoms with Crippen LogP contribution in [0.2, 0.25) is 0 Å². The zero-order valence-electron chi connectivity index (χ0n) is 15.5. The third-order valence-electron chi connectivity index (χ3n) is 5.07. The largest absolute Gasteiger partial charge is 0.357 e. The van der Waals surface area contributed by atoms with E-state index in [2.05, 4.69) is 44.1 Å². The molecule has 0 aliphatic carbocycles. The molecule has 1 unspecified atom stereocenters. The third-order valence-corrected chi connectivity index (χ3v) is 5.07. The van der Waals surface area contributed by atoms with Crippen molar-refractivity contribution in [1.29, 1.82) is 0 Å². The molecule has 3 heterocycles. The molecule has 0 saturated carbocycles. The lowest BCUT2D eigenvalue weighted by Crippen LogP contribution is -2.44. The van der Waals surface area contributed by atoms with Crippen molar-refractivity contribution >= 4 is 29.9 Å². The second-order valence-electron chi connectivity index (χ2n) is 6.64. The zero-order chi connectivity index (χ0) is 16.8. The molecule has 7 nitrogen and oxygen atoms in total. The highest BCUT2D eigenvalue weighted by Crippen LogP contribution is 2.16. The standard InChI is InChI=1S/C17H31N7.HI/c1-3-18-17(19-12-14-8-7-10-23(14)4-2)20-13-16-22-21-15-9-5-6-11-24(15)16;/h14H,3-13H2,1-2H3,(H2,18,19,20);1H. The first-order chi connectivity index (χ1) is 11.8. The molecule has 0 bridgehead atoms. The Morgan fingerprint density at radius 1 is 1.16 bits per heavy atom. The van der Waals surface area contributed by atoms with Gasteiger partial charge in [0.1, 0.15) is 12.4 Å². The number of guanidine groups is 1. The number of nitrogens with zero attached hydrogens (tertiary/aromatic N) is 5. The number of likely N-dealkylation sites (N-methyl/N-ethyl adjacent to an activating group) is 1. The Morgan fingerprint density at radius 2 is 2.04 bits per heavy atom. The van der Waals surface area contributed by atoms with Gasteiger partial charge in [-0.15, -0.1) is 34.2 Å². The first-order valence-corrected chi connectivity index (χ1v) is 9.49. The number of likely N-dealkylation sites (tertiary alicyclic amines) is 1. The lowest BCUT2D eigenvalue weighted by Gasteiger charge is -2.24. The average Bonchev–Trinajstić information content (AvgIpc) is 3.24. The molecule has 1 aromatic heterocycles. The fourth-order valence-electron chi connectivity index (χ4n) is 3.73. The minimum Gasteiger partial charge on any atom is -0.357 e. The maximum atomic E-state index is 4.73. The van der Waals surface area contributed by atoms with Crippen LogP contribution in [0.15, 0.2) is 4.99 Å². The Kier molecular flexibility index (Phi) is 8.41. The predicted molar refractivity (Wildman–Crippen MR) is 111 cm³/mol. The number of aromatic nitrogens is 3. The summed E-state index contributed by atoms with van der Waals surface area (Å²) < 4.78 is 2.24. The van der Waals surface area contributed by atoms with E-state index in [1.807, 2.05) is 0 Å². The SMILES string of the molecule is CCNC(=NCc1nnc2n1CCCC2)NCC1CCCN1CC.I. The van der Waals surface area contributed by atoms with Gasteiger partial charge in [-0.1, -0.05) is 6.92 Å². The number of hydrogen-bond acceptors (Lipinski definition) is 4. The molecule has 0 aromatic carbocycles. The lowest BCUT2D eigenvalue weighted by atomic mass is 10.2. The maximum absolute atomic E-state index is 4.73. The van der Waals surface area contributed by atoms with E-state index in [1.54, 1.807) is 0 Å². The number of halogens is 1. The first-order valence-electron chi connectivity index (χ1n) is 9.49. The van der Waals surface area contributed by atoms with E-state index in [4.69, 9.17) is 4.99 Å². The number of fused-ring (bicyclic) bond motifs is 1. The van der Waals surface area contributed by atoms with Gasteiger partial charge < -0.3 is 15.2 Å². The molecule has 0 radical (unpaired) electrons. The van der Waals surface area contributed by atoms with E-state index in [9.17, 15) is 0 Å². The third kappa shape index (κ3) is 5.29. The molecule has 1 saturated heterocycles. The van der Waals surface area contributed by atoms with Gasteiger partial charge in [-0.2, -0.15) is 0 Å². The molecule has 1 atom stereocenters. The highest BCUT2D eigenvalue weighted by molar-refractivity contribution is 14.0. The van der Waals surface area contributed by atoms with E-state index < -0.39 is 0 Å². The van der Waals surface area contributed by atoms with Crippen LogP contribution in [0.4, 0.5) is 0 Å². The molecular formula is C17H32IN7. The number of rotatable bonds is 6. The number of aliphatic imine (C=N–C) groups is 1. The number of nitrogens with one attached hydrogen (secondary N) is 2. The van der Waals surface area contributed by atoms with Gasteiger partial charge in [0.2, 0.25) is 0 Å². The Hall–Kier alpha value is -0.900. The Bertz CT molecular complexity index is 557. The molecule has 2 aliphatic heterocycles. The van der Waals surface area contributed by atoms with Crippen molar-refractivity contribution in [2.45, 2.75) is 65.1 Å². The van der Waals surface area contributed by atoms with Crippen LogP contribution in [-0.4, -0.2) is 57.8 Å². The van der Waals surface area contributed by atoms with E-state index in [0.29, 0.717) is 12.6 Å². The van der Waals surface area contributed by atoms with Gasteiger partial charge in [-0.05, 0) is 45.7 Å². The normalized spacial score (nSPS) is 20.9. The summed E-state index contributed by atoms with van der Waals surface area (Å²) in [5.74, 6) is 2.99. The monoisotopic (exact) mass is 461 g/mol. The molecule has 0 amide bonds. The summed E-state index contributed by atoms with van der Waals surface area (Å²) in [7, 11) is 0.